The summed E-state index contributed by atoms with van der Waals surface area (Å²) in [6, 6.07) is 0.983. The maximum absolute atomic E-state index is 12.4. The standard InChI is InChI=1S/C8H9F4N3O2/c9-7(10)8(11,12)3-17-2-5-14-4(13)1-6(16)15-5/h1,7H,2-3H2,(H3,13,14,15,16). The van der Waals surface area contributed by atoms with Crippen molar-refractivity contribution >= 4 is 5.82 Å². The number of rotatable bonds is 5. The summed E-state index contributed by atoms with van der Waals surface area (Å²) in [6.45, 7) is -2.01. The molecule has 96 valence electrons. The zero-order valence-corrected chi connectivity index (χ0v) is 8.42. The summed E-state index contributed by atoms with van der Waals surface area (Å²) in [7, 11) is 0. The van der Waals surface area contributed by atoms with Gasteiger partial charge >= 0.3 is 12.3 Å². The highest BCUT2D eigenvalue weighted by atomic mass is 19.3. The molecule has 0 saturated carbocycles. The average Bonchev–Trinajstić information content (AvgIpc) is 2.15. The molecule has 5 nitrogen and oxygen atoms in total. The summed E-state index contributed by atoms with van der Waals surface area (Å²) in [5.74, 6) is -4.46. The Hall–Kier alpha value is -1.64. The summed E-state index contributed by atoms with van der Waals surface area (Å²) in [5, 5.41) is 0. The molecule has 0 aliphatic rings. The number of anilines is 1. The van der Waals surface area contributed by atoms with Gasteiger partial charge in [0.05, 0.1) is 0 Å². The van der Waals surface area contributed by atoms with Crippen LogP contribution in [-0.2, 0) is 11.3 Å². The lowest BCUT2D eigenvalue weighted by atomic mass is 10.4. The van der Waals surface area contributed by atoms with Crippen LogP contribution in [0.5, 0.6) is 0 Å². The largest absolute Gasteiger partial charge is 0.383 e. The van der Waals surface area contributed by atoms with Crippen LogP contribution in [0.15, 0.2) is 10.9 Å². The van der Waals surface area contributed by atoms with E-state index in [1.165, 1.54) is 0 Å². The Kier molecular flexibility index (Phi) is 4.05. The molecule has 0 unspecified atom stereocenters. The van der Waals surface area contributed by atoms with Crippen LogP contribution in [0.25, 0.3) is 0 Å². The van der Waals surface area contributed by atoms with Crippen molar-refractivity contribution in [2.45, 2.75) is 19.0 Å². The fourth-order valence-corrected chi connectivity index (χ4v) is 0.944. The number of nitrogens with zero attached hydrogens (tertiary/aromatic N) is 1. The number of ether oxygens (including phenoxy) is 1. The van der Waals surface area contributed by atoms with Crippen LogP contribution in [0, 0.1) is 0 Å². The van der Waals surface area contributed by atoms with E-state index in [1.807, 2.05) is 0 Å². The fourth-order valence-electron chi connectivity index (χ4n) is 0.944. The first kappa shape index (κ1) is 13.4. The smallest absolute Gasteiger partial charge is 0.330 e. The first-order valence-corrected chi connectivity index (χ1v) is 4.40. The number of aromatic amines is 1. The Morgan fingerprint density at radius 3 is 2.71 bits per heavy atom. The van der Waals surface area contributed by atoms with Gasteiger partial charge in [0.15, 0.2) is 0 Å². The Balaban J connectivity index is 2.54. The van der Waals surface area contributed by atoms with Crippen LogP contribution < -0.4 is 11.3 Å². The third kappa shape index (κ3) is 4.02. The fraction of sp³-hybridized carbons (Fsp3) is 0.500. The SMILES string of the molecule is Nc1cc(=O)[nH]c(COCC(F)(F)C(F)F)n1. The lowest BCUT2D eigenvalue weighted by molar-refractivity contribution is -0.168. The molecule has 1 aromatic rings. The molecule has 0 atom stereocenters. The Morgan fingerprint density at radius 2 is 2.18 bits per heavy atom. The molecule has 0 amide bonds. The van der Waals surface area contributed by atoms with Gasteiger partial charge in [-0.1, -0.05) is 0 Å². The predicted octanol–water partition coefficient (Wildman–Crippen LogP) is 0.769. The maximum atomic E-state index is 12.4. The number of nitrogens with one attached hydrogen (secondary N) is 1. The second-order valence-electron chi connectivity index (χ2n) is 3.17. The summed E-state index contributed by atoms with van der Waals surface area (Å²) in [6.07, 6.45) is -3.81. The van der Waals surface area contributed by atoms with E-state index in [0.717, 1.165) is 6.07 Å². The van der Waals surface area contributed by atoms with Crippen molar-refractivity contribution in [3.63, 3.8) is 0 Å². The topological polar surface area (TPSA) is 81.0 Å². The Labute approximate surface area is 92.6 Å². The molecule has 0 aliphatic heterocycles. The number of hydrogen-bond acceptors (Lipinski definition) is 4. The van der Waals surface area contributed by atoms with Crippen LogP contribution in [0.4, 0.5) is 23.4 Å². The monoisotopic (exact) mass is 255 g/mol. The predicted molar refractivity (Wildman–Crippen MR) is 49.9 cm³/mol. The summed E-state index contributed by atoms with van der Waals surface area (Å²) >= 11 is 0. The number of nitrogens with two attached hydrogens (primary N) is 1. The van der Waals surface area contributed by atoms with Crippen molar-refractivity contribution in [3.05, 3.63) is 22.2 Å². The molecule has 17 heavy (non-hydrogen) atoms. The van der Waals surface area contributed by atoms with Gasteiger partial charge in [-0.15, -0.1) is 0 Å². The minimum atomic E-state index is -4.24. The van der Waals surface area contributed by atoms with Crippen LogP contribution >= 0.6 is 0 Å². The van der Waals surface area contributed by atoms with E-state index >= 15 is 0 Å². The molecule has 0 saturated heterocycles. The molecule has 1 heterocycles. The first-order valence-electron chi connectivity index (χ1n) is 4.40. The first-order chi connectivity index (χ1) is 7.81. The van der Waals surface area contributed by atoms with E-state index in [1.54, 1.807) is 0 Å². The lowest BCUT2D eigenvalue weighted by Crippen LogP contribution is -2.32. The van der Waals surface area contributed by atoms with Gasteiger partial charge in [0, 0.05) is 6.07 Å². The van der Waals surface area contributed by atoms with E-state index < -0.39 is 31.1 Å². The zero-order valence-electron chi connectivity index (χ0n) is 8.42. The van der Waals surface area contributed by atoms with Gasteiger partial charge in [-0.3, -0.25) is 4.79 Å². The van der Waals surface area contributed by atoms with Crippen LogP contribution in [0.3, 0.4) is 0 Å². The van der Waals surface area contributed by atoms with Crippen LogP contribution in [0.2, 0.25) is 0 Å². The van der Waals surface area contributed by atoms with E-state index in [0.29, 0.717) is 0 Å². The molecule has 3 N–H and O–H groups in total. The van der Waals surface area contributed by atoms with Gasteiger partial charge in [0.25, 0.3) is 5.56 Å². The number of H-pyrrole nitrogens is 1. The molecule has 9 heteroatoms. The number of alkyl halides is 4. The minimum absolute atomic E-state index is 0.111. The third-order valence-electron chi connectivity index (χ3n) is 1.66. The highest BCUT2D eigenvalue weighted by Crippen LogP contribution is 2.23. The molecule has 0 aromatic carbocycles. The van der Waals surface area contributed by atoms with Gasteiger partial charge < -0.3 is 15.5 Å². The van der Waals surface area contributed by atoms with Gasteiger partial charge in [-0.2, -0.15) is 8.78 Å². The van der Waals surface area contributed by atoms with Crippen molar-refractivity contribution in [3.8, 4) is 0 Å². The third-order valence-corrected chi connectivity index (χ3v) is 1.66. The second kappa shape index (κ2) is 5.13. The lowest BCUT2D eigenvalue weighted by Gasteiger charge is -2.14. The summed E-state index contributed by atoms with van der Waals surface area (Å²) in [4.78, 5) is 16.6. The van der Waals surface area contributed by atoms with E-state index in [9.17, 15) is 22.4 Å². The average molecular weight is 255 g/mol. The molecular formula is C8H9F4N3O2. The quantitative estimate of drug-likeness (QED) is 0.761. The molecule has 0 fully saturated rings. The van der Waals surface area contributed by atoms with E-state index in [4.69, 9.17) is 5.73 Å². The highest BCUT2D eigenvalue weighted by molar-refractivity contribution is 5.24. The van der Waals surface area contributed by atoms with Gasteiger partial charge in [-0.25, -0.2) is 13.8 Å². The molecule has 0 aliphatic carbocycles. The molecule has 1 aromatic heterocycles. The Morgan fingerprint density at radius 1 is 1.53 bits per heavy atom. The molecule has 0 spiro atoms. The zero-order chi connectivity index (χ0) is 13.1. The minimum Gasteiger partial charge on any atom is -0.383 e. The normalized spacial score (nSPS) is 12.1. The second-order valence-corrected chi connectivity index (χ2v) is 3.17. The van der Waals surface area contributed by atoms with Crippen molar-refractivity contribution < 1.29 is 22.3 Å². The Bertz CT molecular complexity index is 435. The van der Waals surface area contributed by atoms with Crippen molar-refractivity contribution in [1.82, 2.24) is 9.97 Å². The highest BCUT2D eigenvalue weighted by Gasteiger charge is 2.40. The van der Waals surface area contributed by atoms with Gasteiger partial charge in [0.2, 0.25) is 0 Å². The van der Waals surface area contributed by atoms with Crippen molar-refractivity contribution in [1.29, 1.82) is 0 Å². The van der Waals surface area contributed by atoms with Crippen LogP contribution in [0.1, 0.15) is 5.82 Å². The van der Waals surface area contributed by atoms with E-state index in [-0.39, 0.29) is 11.6 Å². The van der Waals surface area contributed by atoms with Crippen molar-refractivity contribution in [2.24, 2.45) is 0 Å². The number of hydrogen-bond donors (Lipinski definition) is 2. The number of halogens is 4. The molecule has 0 bridgehead atoms. The van der Waals surface area contributed by atoms with Crippen molar-refractivity contribution in [2.75, 3.05) is 12.3 Å². The number of nitrogen functional groups attached to an aromatic ring is 1. The van der Waals surface area contributed by atoms with Gasteiger partial charge in [-0.05, 0) is 0 Å². The summed E-state index contributed by atoms with van der Waals surface area (Å²) in [5.41, 5.74) is 4.62. The van der Waals surface area contributed by atoms with Gasteiger partial charge in [0.1, 0.15) is 24.9 Å². The van der Waals surface area contributed by atoms with Crippen LogP contribution in [-0.4, -0.2) is 28.9 Å². The molecule has 0 radical (unpaired) electrons. The molecule has 1 rings (SSSR count). The number of aromatic nitrogens is 2. The maximum Gasteiger partial charge on any atom is 0.330 e. The molecular weight excluding hydrogens is 246 g/mol. The summed E-state index contributed by atoms with van der Waals surface area (Å²) < 4.78 is 52.7. The van der Waals surface area contributed by atoms with E-state index in [2.05, 4.69) is 14.7 Å².